The number of carbonyl (C=O) groups excluding carboxylic acids is 1. The van der Waals surface area contributed by atoms with E-state index < -0.39 is 17.5 Å². The molecule has 6 rings (SSSR count). The first-order chi connectivity index (χ1) is 15.4. The second-order valence-corrected chi connectivity index (χ2v) is 8.20. The molecule has 2 unspecified atom stereocenters. The maximum absolute atomic E-state index is 13.9. The number of benzene rings is 1. The molecule has 1 aromatic carbocycles. The Bertz CT molecular complexity index is 1390. The number of hydrogen-bond donors (Lipinski definition) is 0. The van der Waals surface area contributed by atoms with Gasteiger partial charge in [0.15, 0.2) is 23.1 Å². The lowest BCUT2D eigenvalue weighted by atomic mass is 9.94. The minimum atomic E-state index is -1.50. The highest BCUT2D eigenvalue weighted by Gasteiger charge is 2.46. The Hall–Kier alpha value is -3.69. The number of hydrogen-bond acceptors (Lipinski definition) is 4. The fourth-order valence-electron chi connectivity index (χ4n) is 5.12. The fourth-order valence-corrected chi connectivity index (χ4v) is 5.12. The van der Waals surface area contributed by atoms with E-state index in [0.717, 1.165) is 30.5 Å². The van der Waals surface area contributed by atoms with Crippen molar-refractivity contribution in [3.63, 3.8) is 0 Å². The van der Waals surface area contributed by atoms with Gasteiger partial charge in [0.25, 0.3) is 5.91 Å². The summed E-state index contributed by atoms with van der Waals surface area (Å²) in [6.07, 6.45) is 6.88. The molecule has 5 heterocycles. The second kappa shape index (κ2) is 6.65. The molecule has 0 radical (unpaired) electrons. The van der Waals surface area contributed by atoms with Crippen LogP contribution >= 0.6 is 0 Å². The summed E-state index contributed by atoms with van der Waals surface area (Å²) in [6, 6.07) is 3.36. The third kappa shape index (κ3) is 2.55. The van der Waals surface area contributed by atoms with Crippen LogP contribution in [0.3, 0.4) is 0 Å². The molecule has 2 aliphatic heterocycles. The summed E-state index contributed by atoms with van der Waals surface area (Å²) in [7, 11) is 1.68. The Morgan fingerprint density at radius 2 is 1.94 bits per heavy atom. The first-order valence-electron chi connectivity index (χ1n) is 10.3. The van der Waals surface area contributed by atoms with E-state index in [1.54, 1.807) is 34.7 Å². The van der Waals surface area contributed by atoms with Crippen LogP contribution in [0.5, 0.6) is 0 Å². The molecule has 3 aromatic heterocycles. The van der Waals surface area contributed by atoms with Gasteiger partial charge >= 0.3 is 0 Å². The zero-order chi connectivity index (χ0) is 22.1. The van der Waals surface area contributed by atoms with Crippen molar-refractivity contribution in [2.24, 2.45) is 7.05 Å². The molecule has 7 nitrogen and oxygen atoms in total. The van der Waals surface area contributed by atoms with Gasteiger partial charge < -0.3 is 4.90 Å². The number of aryl methyl sites for hydroxylation is 1. The van der Waals surface area contributed by atoms with Crippen LogP contribution in [-0.2, 0) is 13.5 Å². The topological polar surface area (TPSA) is 68.3 Å². The molecular weight excluding hydrogens is 421 g/mol. The summed E-state index contributed by atoms with van der Waals surface area (Å²) in [5.74, 6) is -4.15. The van der Waals surface area contributed by atoms with Crippen molar-refractivity contribution in [3.05, 3.63) is 71.1 Å². The van der Waals surface area contributed by atoms with E-state index in [4.69, 9.17) is 0 Å². The van der Waals surface area contributed by atoms with Gasteiger partial charge in [-0.15, -0.1) is 0 Å². The molecule has 0 aliphatic carbocycles. The van der Waals surface area contributed by atoms with Gasteiger partial charge in [0.05, 0.1) is 23.6 Å². The average molecular weight is 438 g/mol. The molecule has 32 heavy (non-hydrogen) atoms. The van der Waals surface area contributed by atoms with Gasteiger partial charge in [0.2, 0.25) is 0 Å². The Labute approximate surface area is 180 Å². The third-order valence-corrected chi connectivity index (χ3v) is 6.44. The van der Waals surface area contributed by atoms with E-state index in [2.05, 4.69) is 15.2 Å². The number of carbonyl (C=O) groups is 1. The van der Waals surface area contributed by atoms with Gasteiger partial charge in [-0.25, -0.2) is 22.7 Å². The van der Waals surface area contributed by atoms with Crippen LogP contribution in [0.1, 0.15) is 40.5 Å². The van der Waals surface area contributed by atoms with Gasteiger partial charge in [0.1, 0.15) is 5.56 Å². The summed E-state index contributed by atoms with van der Waals surface area (Å²) in [6.45, 7) is 0. The molecular formula is C22H17F3N6O. The van der Waals surface area contributed by atoms with Crippen LogP contribution in [0, 0.1) is 17.5 Å². The van der Waals surface area contributed by atoms with Crippen molar-refractivity contribution >= 4 is 11.6 Å². The Kier molecular flexibility index (Phi) is 3.96. The van der Waals surface area contributed by atoms with E-state index in [1.165, 1.54) is 6.20 Å². The zero-order valence-electron chi connectivity index (χ0n) is 17.0. The van der Waals surface area contributed by atoms with E-state index >= 15 is 0 Å². The maximum atomic E-state index is 13.9. The molecule has 2 aliphatic rings. The summed E-state index contributed by atoms with van der Waals surface area (Å²) in [5, 5.41) is 8.83. The van der Waals surface area contributed by atoms with Crippen molar-refractivity contribution in [1.82, 2.24) is 29.3 Å². The summed E-state index contributed by atoms with van der Waals surface area (Å²) < 4.78 is 44.4. The van der Waals surface area contributed by atoms with E-state index in [9.17, 15) is 18.0 Å². The minimum Gasteiger partial charge on any atom is -0.326 e. The number of rotatable bonds is 2. The molecule has 1 amide bonds. The average Bonchev–Trinajstić information content (AvgIpc) is 3.44. The lowest BCUT2D eigenvalue weighted by Crippen LogP contribution is -2.41. The van der Waals surface area contributed by atoms with Gasteiger partial charge in [-0.1, -0.05) is 0 Å². The molecule has 2 bridgehead atoms. The molecule has 0 N–H and O–H groups in total. The van der Waals surface area contributed by atoms with Crippen molar-refractivity contribution in [1.29, 1.82) is 0 Å². The van der Waals surface area contributed by atoms with Gasteiger partial charge in [-0.3, -0.25) is 9.48 Å². The minimum absolute atomic E-state index is 0.0863. The predicted molar refractivity (Wildman–Crippen MR) is 107 cm³/mol. The van der Waals surface area contributed by atoms with Crippen LogP contribution in [0.2, 0.25) is 0 Å². The summed E-state index contributed by atoms with van der Waals surface area (Å²) in [4.78, 5) is 19.6. The normalized spacial score (nSPS) is 19.6. The molecule has 1 fully saturated rings. The predicted octanol–water partition coefficient (Wildman–Crippen LogP) is 3.45. The summed E-state index contributed by atoms with van der Waals surface area (Å²) in [5.41, 5.74) is 3.22. The smallest absolute Gasteiger partial charge is 0.260 e. The number of aromatic nitrogens is 5. The van der Waals surface area contributed by atoms with Crippen LogP contribution in [0.15, 0.2) is 36.8 Å². The lowest BCUT2D eigenvalue weighted by Gasteiger charge is -2.34. The summed E-state index contributed by atoms with van der Waals surface area (Å²) >= 11 is 0. The number of halogens is 3. The molecule has 1 saturated heterocycles. The van der Waals surface area contributed by atoms with Crippen LogP contribution in [-0.4, -0.2) is 41.2 Å². The van der Waals surface area contributed by atoms with Gasteiger partial charge in [0, 0.05) is 36.6 Å². The second-order valence-electron chi connectivity index (χ2n) is 8.20. The van der Waals surface area contributed by atoms with Crippen molar-refractivity contribution < 1.29 is 18.0 Å². The SMILES string of the molecule is Cn1nc2c(c1-c1cc(F)c(F)c(F)c1)CC1CCC2N1C(=O)c1cnn2cccnc12. The third-order valence-electron chi connectivity index (χ3n) is 6.44. The first-order valence-corrected chi connectivity index (χ1v) is 10.3. The molecule has 162 valence electrons. The maximum Gasteiger partial charge on any atom is 0.260 e. The van der Waals surface area contributed by atoms with Gasteiger partial charge in [-0.05, 0) is 37.5 Å². The largest absolute Gasteiger partial charge is 0.326 e. The standard InChI is InChI=1S/C22H17F3N6O/c1-29-20(11-7-15(23)18(25)16(24)8-11)13-9-12-3-4-17(19(13)28-29)31(12)22(32)14-10-27-30-6-2-5-26-21(14)30/h2,5-8,10,12,17H,3-4,9H2,1H3. The molecule has 0 spiro atoms. The van der Waals surface area contributed by atoms with Crippen molar-refractivity contribution in [2.75, 3.05) is 0 Å². The van der Waals surface area contributed by atoms with Crippen LogP contribution < -0.4 is 0 Å². The molecule has 4 aromatic rings. The monoisotopic (exact) mass is 438 g/mol. The van der Waals surface area contributed by atoms with Crippen LogP contribution in [0.4, 0.5) is 13.2 Å². The first kappa shape index (κ1) is 19.0. The number of fused-ring (bicyclic) bond motifs is 5. The van der Waals surface area contributed by atoms with Crippen LogP contribution in [0.25, 0.3) is 16.9 Å². The highest BCUT2D eigenvalue weighted by atomic mass is 19.2. The Morgan fingerprint density at radius 3 is 2.72 bits per heavy atom. The lowest BCUT2D eigenvalue weighted by molar-refractivity contribution is 0.0644. The quantitative estimate of drug-likeness (QED) is 0.450. The fraction of sp³-hybridized carbons (Fsp3) is 0.273. The van der Waals surface area contributed by atoms with Crippen molar-refractivity contribution in [3.8, 4) is 11.3 Å². The van der Waals surface area contributed by atoms with Crippen molar-refractivity contribution in [2.45, 2.75) is 31.3 Å². The molecule has 10 heteroatoms. The van der Waals surface area contributed by atoms with E-state index in [-0.39, 0.29) is 23.6 Å². The van der Waals surface area contributed by atoms with Gasteiger partial charge in [-0.2, -0.15) is 10.2 Å². The number of nitrogens with zero attached hydrogens (tertiary/aromatic N) is 6. The van der Waals surface area contributed by atoms with E-state index in [0.29, 0.717) is 29.0 Å². The molecule has 2 atom stereocenters. The molecule has 0 saturated carbocycles. The Balaban J connectivity index is 1.43. The zero-order valence-corrected chi connectivity index (χ0v) is 17.0. The van der Waals surface area contributed by atoms with E-state index in [1.807, 2.05) is 4.90 Å². The highest BCUT2D eigenvalue weighted by Crippen LogP contribution is 2.46. The Morgan fingerprint density at radius 1 is 1.16 bits per heavy atom. The highest BCUT2D eigenvalue weighted by molar-refractivity contribution is 6.00. The number of amides is 1.